The van der Waals surface area contributed by atoms with Gasteiger partial charge in [-0.1, -0.05) is 13.8 Å². The quantitative estimate of drug-likeness (QED) is 0.750. The molecule has 1 amide bonds. The van der Waals surface area contributed by atoms with Gasteiger partial charge in [-0.25, -0.2) is 4.79 Å². The molecule has 1 fully saturated rings. The van der Waals surface area contributed by atoms with E-state index in [4.69, 9.17) is 9.47 Å². The molecule has 4 nitrogen and oxygen atoms in total. The molecule has 4 heteroatoms. The van der Waals surface area contributed by atoms with Crippen molar-refractivity contribution in [3.8, 4) is 0 Å². The van der Waals surface area contributed by atoms with Gasteiger partial charge in [-0.3, -0.25) is 0 Å². The summed E-state index contributed by atoms with van der Waals surface area (Å²) in [6.07, 6.45) is 1.82. The van der Waals surface area contributed by atoms with Crippen LogP contribution < -0.4 is 0 Å². The van der Waals surface area contributed by atoms with E-state index in [1.54, 1.807) is 12.0 Å². The number of hydrogen-bond donors (Lipinski definition) is 0. The van der Waals surface area contributed by atoms with E-state index in [0.717, 1.165) is 19.4 Å². The molecule has 0 aromatic rings. The van der Waals surface area contributed by atoms with Gasteiger partial charge in [0, 0.05) is 13.7 Å². The predicted molar refractivity (Wildman–Crippen MR) is 69.2 cm³/mol. The van der Waals surface area contributed by atoms with Crippen LogP contribution in [0.2, 0.25) is 0 Å². The first kappa shape index (κ1) is 16.2. The van der Waals surface area contributed by atoms with Gasteiger partial charge in [0.2, 0.25) is 0 Å². The third-order valence-corrected chi connectivity index (χ3v) is 2.36. The van der Waals surface area contributed by atoms with Gasteiger partial charge in [-0.05, 0) is 33.6 Å². The van der Waals surface area contributed by atoms with Crippen molar-refractivity contribution in [2.24, 2.45) is 0 Å². The van der Waals surface area contributed by atoms with E-state index < -0.39 is 5.60 Å². The summed E-state index contributed by atoms with van der Waals surface area (Å²) in [6.45, 7) is 11.0. The molecule has 1 atom stereocenters. The Kier molecular flexibility index (Phi) is 7.19. The Morgan fingerprint density at radius 1 is 1.35 bits per heavy atom. The van der Waals surface area contributed by atoms with Gasteiger partial charge in [0.05, 0.1) is 12.6 Å². The van der Waals surface area contributed by atoms with Crippen molar-refractivity contribution in [3.63, 3.8) is 0 Å². The number of nitrogens with zero attached hydrogens (tertiary/aromatic N) is 1. The molecule has 1 aliphatic heterocycles. The van der Waals surface area contributed by atoms with Crippen molar-refractivity contribution in [2.75, 3.05) is 20.3 Å². The Morgan fingerprint density at radius 2 is 1.94 bits per heavy atom. The normalized spacial score (nSPS) is 19.6. The van der Waals surface area contributed by atoms with Crippen molar-refractivity contribution in [3.05, 3.63) is 0 Å². The Balaban J connectivity index is 0.00000121. The predicted octanol–water partition coefficient (Wildman–Crippen LogP) is 3.06. The summed E-state index contributed by atoms with van der Waals surface area (Å²) < 4.78 is 10.4. The van der Waals surface area contributed by atoms with E-state index in [-0.39, 0.29) is 12.1 Å². The number of rotatable bonds is 2. The van der Waals surface area contributed by atoms with Crippen LogP contribution in [0.1, 0.15) is 47.5 Å². The fraction of sp³-hybridized carbons (Fsp3) is 0.923. The maximum Gasteiger partial charge on any atom is 0.410 e. The lowest BCUT2D eigenvalue weighted by Gasteiger charge is -2.28. The molecule has 0 spiro atoms. The van der Waals surface area contributed by atoms with E-state index in [0.29, 0.717) is 6.61 Å². The van der Waals surface area contributed by atoms with Crippen molar-refractivity contribution in [2.45, 2.75) is 59.1 Å². The third-order valence-electron chi connectivity index (χ3n) is 2.36. The topological polar surface area (TPSA) is 38.8 Å². The molecule has 17 heavy (non-hydrogen) atoms. The molecule has 102 valence electrons. The number of likely N-dealkylation sites (tertiary alicyclic amines) is 1. The fourth-order valence-electron chi connectivity index (χ4n) is 1.76. The molecule has 1 heterocycles. The summed E-state index contributed by atoms with van der Waals surface area (Å²) in [5, 5.41) is 0. The lowest BCUT2D eigenvalue weighted by molar-refractivity contribution is 0.0148. The smallest absolute Gasteiger partial charge is 0.410 e. The highest BCUT2D eigenvalue weighted by atomic mass is 16.6. The van der Waals surface area contributed by atoms with E-state index in [1.807, 2.05) is 34.6 Å². The number of methoxy groups -OCH3 is 1. The average Bonchev–Trinajstić information content (AvgIpc) is 2.67. The second-order valence-electron chi connectivity index (χ2n) is 4.93. The molecule has 0 aliphatic carbocycles. The van der Waals surface area contributed by atoms with E-state index in [2.05, 4.69) is 0 Å². The Hall–Kier alpha value is -0.770. The zero-order chi connectivity index (χ0) is 13.5. The molecule has 0 N–H and O–H groups in total. The minimum Gasteiger partial charge on any atom is -0.444 e. The maximum atomic E-state index is 11.8. The first-order valence-electron chi connectivity index (χ1n) is 6.42. The molecule has 0 aromatic heterocycles. The van der Waals surface area contributed by atoms with Crippen molar-refractivity contribution in [1.29, 1.82) is 0 Å². The van der Waals surface area contributed by atoms with Crippen molar-refractivity contribution in [1.82, 2.24) is 4.90 Å². The highest BCUT2D eigenvalue weighted by Gasteiger charge is 2.31. The van der Waals surface area contributed by atoms with Gasteiger partial charge in [0.1, 0.15) is 5.60 Å². The standard InChI is InChI=1S/C11H21NO3.C2H6/c1-11(2,3)15-10(13)12-7-5-6-9(12)8-14-4;1-2/h9H,5-8H2,1-4H3;1-2H3/t9-;/m0./s1. The monoisotopic (exact) mass is 245 g/mol. The van der Waals surface area contributed by atoms with E-state index in [1.165, 1.54) is 0 Å². The molecule has 0 bridgehead atoms. The first-order valence-corrected chi connectivity index (χ1v) is 6.42. The molecule has 0 aromatic carbocycles. The second-order valence-corrected chi connectivity index (χ2v) is 4.93. The van der Waals surface area contributed by atoms with Crippen molar-refractivity contribution >= 4 is 6.09 Å². The van der Waals surface area contributed by atoms with Crippen LogP contribution in [0.3, 0.4) is 0 Å². The largest absolute Gasteiger partial charge is 0.444 e. The zero-order valence-corrected chi connectivity index (χ0v) is 12.1. The Morgan fingerprint density at radius 3 is 2.41 bits per heavy atom. The van der Waals surface area contributed by atoms with Crippen LogP contribution in [0.5, 0.6) is 0 Å². The molecule has 1 aliphatic rings. The second kappa shape index (κ2) is 7.54. The summed E-state index contributed by atoms with van der Waals surface area (Å²) in [6, 6.07) is 0.185. The summed E-state index contributed by atoms with van der Waals surface area (Å²) in [7, 11) is 1.66. The highest BCUT2D eigenvalue weighted by Crippen LogP contribution is 2.20. The fourth-order valence-corrected chi connectivity index (χ4v) is 1.76. The van der Waals surface area contributed by atoms with Crippen molar-refractivity contribution < 1.29 is 14.3 Å². The van der Waals surface area contributed by atoms with Gasteiger partial charge in [-0.15, -0.1) is 0 Å². The van der Waals surface area contributed by atoms with Crippen LogP contribution in [-0.2, 0) is 9.47 Å². The van der Waals surface area contributed by atoms with Crippen LogP contribution in [0, 0.1) is 0 Å². The SMILES string of the molecule is CC.COC[C@@H]1CCCN1C(=O)OC(C)(C)C. The Labute approximate surface area is 105 Å². The number of amides is 1. The van der Waals surface area contributed by atoms with Crippen LogP contribution in [0.25, 0.3) is 0 Å². The van der Waals surface area contributed by atoms with Crippen LogP contribution in [0.4, 0.5) is 4.79 Å². The number of carbonyl (C=O) groups is 1. The molecule has 1 rings (SSSR count). The minimum atomic E-state index is -0.419. The van der Waals surface area contributed by atoms with Crippen LogP contribution in [-0.4, -0.2) is 42.9 Å². The zero-order valence-electron chi connectivity index (χ0n) is 12.1. The average molecular weight is 245 g/mol. The van der Waals surface area contributed by atoms with Gasteiger partial charge in [-0.2, -0.15) is 0 Å². The molecule has 0 radical (unpaired) electrons. The molecule has 0 saturated carbocycles. The maximum absolute atomic E-state index is 11.8. The first-order chi connectivity index (χ1) is 7.94. The van der Waals surface area contributed by atoms with E-state index in [9.17, 15) is 4.79 Å². The van der Waals surface area contributed by atoms with E-state index >= 15 is 0 Å². The van der Waals surface area contributed by atoms with Gasteiger partial charge >= 0.3 is 6.09 Å². The minimum absolute atomic E-state index is 0.185. The number of hydrogen-bond acceptors (Lipinski definition) is 3. The van der Waals surface area contributed by atoms with Gasteiger partial charge in [0.25, 0.3) is 0 Å². The summed E-state index contributed by atoms with van der Waals surface area (Å²) in [4.78, 5) is 13.6. The summed E-state index contributed by atoms with van der Waals surface area (Å²) in [5.74, 6) is 0. The summed E-state index contributed by atoms with van der Waals surface area (Å²) in [5.41, 5.74) is -0.419. The highest BCUT2D eigenvalue weighted by molar-refractivity contribution is 5.68. The van der Waals surface area contributed by atoms with Crippen LogP contribution in [0.15, 0.2) is 0 Å². The lowest BCUT2D eigenvalue weighted by atomic mass is 10.2. The lowest BCUT2D eigenvalue weighted by Crippen LogP contribution is -2.41. The van der Waals surface area contributed by atoms with Gasteiger partial charge < -0.3 is 14.4 Å². The molecule has 0 unspecified atom stereocenters. The number of carbonyl (C=O) groups excluding carboxylic acids is 1. The van der Waals surface area contributed by atoms with Gasteiger partial charge in [0.15, 0.2) is 0 Å². The molecular formula is C13H27NO3. The molecule has 1 saturated heterocycles. The number of ether oxygens (including phenoxy) is 2. The summed E-state index contributed by atoms with van der Waals surface area (Å²) >= 11 is 0. The van der Waals surface area contributed by atoms with Crippen LogP contribution >= 0.6 is 0 Å². The molecular weight excluding hydrogens is 218 g/mol. The Bertz CT molecular complexity index is 223. The third kappa shape index (κ3) is 5.91.